The Morgan fingerprint density at radius 3 is 2.11 bits per heavy atom. The standard InChI is InChI=1S/C36H26ClN/c37-30-20-23-34-33(24-30)36-32(29-16-14-27(15-17-29)25-8-3-1-4-9-25)12-7-13-35(36)38(34)31-21-18-28(19-22-31)26-10-5-2-6-11-26/h1-3,5-8,10-24H,4,9H2. The summed E-state index contributed by atoms with van der Waals surface area (Å²) in [6.45, 7) is 0. The summed E-state index contributed by atoms with van der Waals surface area (Å²) in [6.07, 6.45) is 8.84. The first-order valence-electron chi connectivity index (χ1n) is 13.1. The number of benzene rings is 5. The number of halogens is 1. The molecule has 6 aromatic rings. The van der Waals surface area contributed by atoms with Crippen molar-refractivity contribution in [2.24, 2.45) is 0 Å². The molecule has 1 nitrogen and oxygen atoms in total. The monoisotopic (exact) mass is 507 g/mol. The van der Waals surface area contributed by atoms with Gasteiger partial charge in [-0.3, -0.25) is 0 Å². The summed E-state index contributed by atoms with van der Waals surface area (Å²) in [5, 5.41) is 3.14. The lowest BCUT2D eigenvalue weighted by Crippen LogP contribution is -1.94. The summed E-state index contributed by atoms with van der Waals surface area (Å²) in [5.41, 5.74) is 11.0. The minimum absolute atomic E-state index is 0.749. The summed E-state index contributed by atoms with van der Waals surface area (Å²) in [7, 11) is 0. The van der Waals surface area contributed by atoms with E-state index in [0.29, 0.717) is 0 Å². The Balaban J connectivity index is 1.39. The Labute approximate surface area is 227 Å². The molecule has 0 radical (unpaired) electrons. The molecule has 1 heterocycles. The predicted octanol–water partition coefficient (Wildman–Crippen LogP) is 10.5. The van der Waals surface area contributed by atoms with E-state index < -0.39 is 0 Å². The lowest BCUT2D eigenvalue weighted by Gasteiger charge is -2.12. The Hall–Kier alpha value is -4.33. The molecule has 0 aliphatic heterocycles. The van der Waals surface area contributed by atoms with E-state index in [1.165, 1.54) is 49.7 Å². The van der Waals surface area contributed by atoms with Crippen LogP contribution in [-0.4, -0.2) is 4.57 Å². The highest BCUT2D eigenvalue weighted by atomic mass is 35.5. The number of nitrogens with zero attached hydrogens (tertiary/aromatic N) is 1. The summed E-state index contributed by atoms with van der Waals surface area (Å²) < 4.78 is 2.35. The van der Waals surface area contributed by atoms with Crippen molar-refractivity contribution in [3.8, 4) is 27.9 Å². The first kappa shape index (κ1) is 22.8. The van der Waals surface area contributed by atoms with Gasteiger partial charge in [-0.15, -0.1) is 0 Å². The Morgan fingerprint density at radius 2 is 1.34 bits per heavy atom. The SMILES string of the molecule is Clc1ccc2c(c1)c1c(-c3ccc(C4=CC=CCC4)cc3)cccc1n2-c1ccc(-c2ccccc2)cc1. The molecule has 5 aromatic carbocycles. The van der Waals surface area contributed by atoms with Crippen LogP contribution in [0.2, 0.25) is 5.02 Å². The van der Waals surface area contributed by atoms with Crippen molar-refractivity contribution in [2.45, 2.75) is 12.8 Å². The fraction of sp³-hybridized carbons (Fsp3) is 0.0556. The van der Waals surface area contributed by atoms with Gasteiger partial charge < -0.3 is 4.57 Å². The van der Waals surface area contributed by atoms with Gasteiger partial charge in [0.1, 0.15) is 0 Å². The van der Waals surface area contributed by atoms with Gasteiger partial charge in [-0.2, -0.15) is 0 Å². The molecule has 0 spiro atoms. The van der Waals surface area contributed by atoms with Crippen LogP contribution in [0.1, 0.15) is 18.4 Å². The van der Waals surface area contributed by atoms with E-state index in [0.717, 1.165) is 29.1 Å². The molecule has 0 atom stereocenters. The Kier molecular flexibility index (Phi) is 5.72. The minimum Gasteiger partial charge on any atom is -0.309 e. The summed E-state index contributed by atoms with van der Waals surface area (Å²) in [5.74, 6) is 0. The molecule has 182 valence electrons. The predicted molar refractivity (Wildman–Crippen MR) is 163 cm³/mol. The van der Waals surface area contributed by atoms with Crippen molar-refractivity contribution in [1.82, 2.24) is 4.57 Å². The van der Waals surface area contributed by atoms with Gasteiger partial charge in [0.2, 0.25) is 0 Å². The van der Waals surface area contributed by atoms with Crippen molar-refractivity contribution >= 4 is 39.0 Å². The van der Waals surface area contributed by atoms with Gasteiger partial charge in [0.25, 0.3) is 0 Å². The number of hydrogen-bond acceptors (Lipinski definition) is 0. The van der Waals surface area contributed by atoms with E-state index in [1.54, 1.807) is 0 Å². The number of rotatable bonds is 4. The van der Waals surface area contributed by atoms with Crippen molar-refractivity contribution in [2.75, 3.05) is 0 Å². The Bertz CT molecular complexity index is 1840. The maximum absolute atomic E-state index is 6.55. The zero-order valence-electron chi connectivity index (χ0n) is 20.9. The van der Waals surface area contributed by atoms with Crippen LogP contribution in [-0.2, 0) is 0 Å². The smallest absolute Gasteiger partial charge is 0.0547 e. The molecule has 0 amide bonds. The summed E-state index contributed by atoms with van der Waals surface area (Å²) in [6, 6.07) is 41.2. The third kappa shape index (κ3) is 3.97. The fourth-order valence-corrected chi connectivity index (χ4v) is 5.87. The molecule has 0 N–H and O–H groups in total. The van der Waals surface area contributed by atoms with E-state index in [2.05, 4.69) is 132 Å². The zero-order chi connectivity index (χ0) is 25.5. The second kappa shape index (κ2) is 9.52. The molecule has 1 aliphatic rings. The third-order valence-electron chi connectivity index (χ3n) is 7.57. The average molecular weight is 508 g/mol. The van der Waals surface area contributed by atoms with Gasteiger partial charge in [0.05, 0.1) is 11.0 Å². The first-order valence-corrected chi connectivity index (χ1v) is 13.5. The summed E-state index contributed by atoms with van der Waals surface area (Å²) in [4.78, 5) is 0. The maximum atomic E-state index is 6.55. The van der Waals surface area contributed by atoms with Crippen molar-refractivity contribution in [3.05, 3.63) is 144 Å². The van der Waals surface area contributed by atoms with Gasteiger partial charge in [-0.1, -0.05) is 109 Å². The average Bonchev–Trinajstić information content (AvgIpc) is 3.32. The van der Waals surface area contributed by atoms with Crippen molar-refractivity contribution < 1.29 is 0 Å². The van der Waals surface area contributed by atoms with Crippen LogP contribution in [0.25, 0.3) is 55.3 Å². The quantitative estimate of drug-likeness (QED) is 0.223. The molecule has 1 aromatic heterocycles. The largest absolute Gasteiger partial charge is 0.309 e. The fourth-order valence-electron chi connectivity index (χ4n) is 5.70. The van der Waals surface area contributed by atoms with Crippen LogP contribution < -0.4 is 0 Å². The van der Waals surface area contributed by atoms with Gasteiger partial charge in [0, 0.05) is 21.5 Å². The van der Waals surface area contributed by atoms with Crippen LogP contribution in [0.4, 0.5) is 0 Å². The molecule has 0 saturated heterocycles. The molecule has 0 fully saturated rings. The van der Waals surface area contributed by atoms with Gasteiger partial charge in [0.15, 0.2) is 0 Å². The van der Waals surface area contributed by atoms with E-state index in [9.17, 15) is 0 Å². The molecular weight excluding hydrogens is 482 g/mol. The molecule has 0 saturated carbocycles. The second-order valence-electron chi connectivity index (χ2n) is 9.85. The maximum Gasteiger partial charge on any atom is 0.0547 e. The van der Waals surface area contributed by atoms with Crippen LogP contribution in [0, 0.1) is 0 Å². The van der Waals surface area contributed by atoms with E-state index >= 15 is 0 Å². The topological polar surface area (TPSA) is 4.93 Å². The normalized spacial score (nSPS) is 13.2. The zero-order valence-corrected chi connectivity index (χ0v) is 21.7. The van der Waals surface area contributed by atoms with Crippen LogP contribution in [0.15, 0.2) is 133 Å². The third-order valence-corrected chi connectivity index (χ3v) is 7.80. The van der Waals surface area contributed by atoms with Gasteiger partial charge in [-0.25, -0.2) is 0 Å². The second-order valence-corrected chi connectivity index (χ2v) is 10.3. The van der Waals surface area contributed by atoms with Crippen LogP contribution in [0.5, 0.6) is 0 Å². The molecule has 7 rings (SSSR count). The highest BCUT2D eigenvalue weighted by molar-refractivity contribution is 6.32. The summed E-state index contributed by atoms with van der Waals surface area (Å²) >= 11 is 6.55. The molecule has 0 unspecified atom stereocenters. The van der Waals surface area contributed by atoms with E-state index in [1.807, 2.05) is 6.07 Å². The minimum atomic E-state index is 0.749. The highest BCUT2D eigenvalue weighted by Crippen LogP contribution is 2.40. The molecular formula is C36H26ClN. The number of allylic oxidation sites excluding steroid dienone is 4. The lowest BCUT2D eigenvalue weighted by molar-refractivity contribution is 1.05. The molecule has 1 aliphatic carbocycles. The van der Waals surface area contributed by atoms with Crippen molar-refractivity contribution in [3.63, 3.8) is 0 Å². The number of hydrogen-bond donors (Lipinski definition) is 0. The van der Waals surface area contributed by atoms with E-state index in [4.69, 9.17) is 11.6 Å². The van der Waals surface area contributed by atoms with Crippen LogP contribution >= 0.6 is 11.6 Å². The Morgan fingerprint density at radius 1 is 0.605 bits per heavy atom. The molecule has 2 heteroatoms. The lowest BCUT2D eigenvalue weighted by atomic mass is 9.94. The number of aromatic nitrogens is 1. The molecule has 38 heavy (non-hydrogen) atoms. The van der Waals surface area contributed by atoms with Crippen molar-refractivity contribution in [1.29, 1.82) is 0 Å². The van der Waals surface area contributed by atoms with Gasteiger partial charge in [-0.05, 0) is 82.6 Å². The molecule has 0 bridgehead atoms. The highest BCUT2D eigenvalue weighted by Gasteiger charge is 2.17. The number of fused-ring (bicyclic) bond motifs is 3. The van der Waals surface area contributed by atoms with Crippen LogP contribution in [0.3, 0.4) is 0 Å². The van der Waals surface area contributed by atoms with E-state index in [-0.39, 0.29) is 0 Å². The van der Waals surface area contributed by atoms with Gasteiger partial charge >= 0.3 is 0 Å². The first-order chi connectivity index (χ1) is 18.8.